The average molecular weight is 478 g/mol. The van der Waals surface area contributed by atoms with Gasteiger partial charge in [0.05, 0.1) is 11.0 Å². The first-order valence-corrected chi connectivity index (χ1v) is 11.3. The number of benzene rings is 1. The Balaban J connectivity index is 1.53. The molecule has 0 atom stereocenters. The minimum atomic E-state index is -0.175. The van der Waals surface area contributed by atoms with Crippen LogP contribution in [-0.2, 0) is 12.8 Å². The summed E-state index contributed by atoms with van der Waals surface area (Å²) >= 11 is 4.99. The first-order chi connectivity index (χ1) is 14.6. The van der Waals surface area contributed by atoms with Crippen LogP contribution in [-0.4, -0.2) is 9.97 Å². The fourth-order valence-electron chi connectivity index (χ4n) is 3.79. The number of nitrogens with zero attached hydrogens (tertiary/aromatic N) is 2. The van der Waals surface area contributed by atoms with Crippen LogP contribution in [0.5, 0.6) is 0 Å². The Hall–Kier alpha value is -2.95. The van der Waals surface area contributed by atoms with Crippen molar-refractivity contribution in [2.24, 2.45) is 0 Å². The van der Waals surface area contributed by atoms with E-state index in [1.54, 1.807) is 23.5 Å². The quantitative estimate of drug-likeness (QED) is 0.369. The maximum absolute atomic E-state index is 12.8. The monoisotopic (exact) mass is 477 g/mol. The smallest absolute Gasteiger partial charge is 0.260 e. The third-order valence-electron chi connectivity index (χ3n) is 5.24. The van der Waals surface area contributed by atoms with E-state index in [1.807, 2.05) is 30.3 Å². The number of aromatic amines is 1. The summed E-state index contributed by atoms with van der Waals surface area (Å²) in [6, 6.07) is 13.6. The maximum atomic E-state index is 12.8. The SMILES string of the molecule is N#C/C(=C\c1ccc(-c2ccc(Br)cc2)o1)c1nc2sc3c(c2c(=O)[nH]1)CCCC3. The van der Waals surface area contributed by atoms with E-state index in [0.29, 0.717) is 21.7 Å². The number of allylic oxidation sites excluding steroid dienone is 1. The van der Waals surface area contributed by atoms with E-state index in [9.17, 15) is 10.1 Å². The predicted molar refractivity (Wildman–Crippen MR) is 122 cm³/mol. The third-order valence-corrected chi connectivity index (χ3v) is 6.96. The van der Waals surface area contributed by atoms with Gasteiger partial charge in [-0.1, -0.05) is 28.1 Å². The number of nitrogens with one attached hydrogen (secondary N) is 1. The molecule has 0 saturated heterocycles. The summed E-state index contributed by atoms with van der Waals surface area (Å²) in [6.45, 7) is 0. The standard InChI is InChI=1S/C23H16BrN3O2S/c24-15-7-5-13(6-8-15)18-10-9-16(29-18)11-14(12-25)21-26-22(28)20-17-3-1-2-4-19(17)30-23(20)27-21/h5-11H,1-4H2,(H,26,27,28)/b14-11+. The topological polar surface area (TPSA) is 82.7 Å². The fraction of sp³-hybridized carbons (Fsp3) is 0.174. The number of thiophene rings is 1. The minimum absolute atomic E-state index is 0.175. The number of nitriles is 1. The number of H-pyrrole nitrogens is 1. The summed E-state index contributed by atoms with van der Waals surface area (Å²) in [7, 11) is 0. The molecular formula is C23H16BrN3O2S. The van der Waals surface area contributed by atoms with Crippen LogP contribution >= 0.6 is 27.3 Å². The number of fused-ring (bicyclic) bond motifs is 3. The molecule has 1 aliphatic rings. The van der Waals surface area contributed by atoms with Gasteiger partial charge in [0.2, 0.25) is 0 Å². The molecule has 3 aromatic heterocycles. The van der Waals surface area contributed by atoms with Crippen LogP contribution in [0, 0.1) is 11.3 Å². The number of halogens is 1. The van der Waals surface area contributed by atoms with Crippen molar-refractivity contribution in [2.45, 2.75) is 25.7 Å². The molecule has 148 valence electrons. The molecule has 4 aromatic rings. The van der Waals surface area contributed by atoms with Gasteiger partial charge >= 0.3 is 0 Å². The Labute approximate surface area is 184 Å². The summed E-state index contributed by atoms with van der Waals surface area (Å²) in [4.78, 5) is 22.1. The van der Waals surface area contributed by atoms with Crippen LogP contribution in [0.25, 0.3) is 33.2 Å². The molecule has 0 saturated carbocycles. The largest absolute Gasteiger partial charge is 0.457 e. The van der Waals surface area contributed by atoms with E-state index in [1.165, 1.54) is 4.88 Å². The van der Waals surface area contributed by atoms with Crippen molar-refractivity contribution in [1.82, 2.24) is 9.97 Å². The number of furan rings is 1. The second-order valence-corrected chi connectivity index (χ2v) is 9.18. The van der Waals surface area contributed by atoms with Crippen LogP contribution in [0.3, 0.4) is 0 Å². The Bertz CT molecular complexity index is 1390. The van der Waals surface area contributed by atoms with E-state index in [0.717, 1.165) is 41.3 Å². The molecule has 7 heteroatoms. The van der Waals surface area contributed by atoms with Crippen molar-refractivity contribution in [3.05, 3.63) is 73.2 Å². The fourth-order valence-corrected chi connectivity index (χ4v) is 5.31. The van der Waals surface area contributed by atoms with Gasteiger partial charge in [-0.05, 0) is 55.5 Å². The van der Waals surface area contributed by atoms with Crippen molar-refractivity contribution in [1.29, 1.82) is 5.26 Å². The van der Waals surface area contributed by atoms with Crippen molar-refractivity contribution >= 4 is 49.1 Å². The first kappa shape index (κ1) is 19.0. The molecule has 0 bridgehead atoms. The molecule has 30 heavy (non-hydrogen) atoms. The lowest BCUT2D eigenvalue weighted by Crippen LogP contribution is -2.12. The maximum Gasteiger partial charge on any atom is 0.260 e. The highest BCUT2D eigenvalue weighted by atomic mass is 79.9. The zero-order chi connectivity index (χ0) is 20.7. The Morgan fingerprint density at radius 1 is 1.20 bits per heavy atom. The molecule has 0 radical (unpaired) electrons. The van der Waals surface area contributed by atoms with E-state index in [4.69, 9.17) is 4.42 Å². The lowest BCUT2D eigenvalue weighted by atomic mass is 9.97. The summed E-state index contributed by atoms with van der Waals surface area (Å²) in [5, 5.41) is 10.4. The van der Waals surface area contributed by atoms with E-state index in [-0.39, 0.29) is 17.0 Å². The van der Waals surface area contributed by atoms with Gasteiger partial charge in [0, 0.05) is 21.0 Å². The summed E-state index contributed by atoms with van der Waals surface area (Å²) < 4.78 is 6.88. The summed E-state index contributed by atoms with van der Waals surface area (Å²) in [5.41, 5.74) is 2.16. The van der Waals surface area contributed by atoms with E-state index >= 15 is 0 Å². The lowest BCUT2D eigenvalue weighted by molar-refractivity contribution is 0.572. The molecule has 3 heterocycles. The van der Waals surface area contributed by atoms with Gasteiger partial charge < -0.3 is 9.40 Å². The Morgan fingerprint density at radius 2 is 2.00 bits per heavy atom. The molecule has 0 amide bonds. The zero-order valence-corrected chi connectivity index (χ0v) is 18.3. The molecule has 0 unspecified atom stereocenters. The summed E-state index contributed by atoms with van der Waals surface area (Å²) in [5.74, 6) is 1.50. The highest BCUT2D eigenvalue weighted by molar-refractivity contribution is 9.10. The normalized spacial score (nSPS) is 13.9. The van der Waals surface area contributed by atoms with Gasteiger partial charge in [0.25, 0.3) is 5.56 Å². The molecule has 0 aliphatic heterocycles. The predicted octanol–water partition coefficient (Wildman–Crippen LogP) is 5.95. The van der Waals surface area contributed by atoms with Crippen LogP contribution in [0.2, 0.25) is 0 Å². The van der Waals surface area contributed by atoms with Crippen molar-refractivity contribution < 1.29 is 4.42 Å². The molecule has 0 spiro atoms. The van der Waals surface area contributed by atoms with Crippen LogP contribution < -0.4 is 5.56 Å². The van der Waals surface area contributed by atoms with E-state index < -0.39 is 0 Å². The van der Waals surface area contributed by atoms with E-state index in [2.05, 4.69) is 32.0 Å². The number of hydrogen-bond donors (Lipinski definition) is 1. The second-order valence-electron chi connectivity index (χ2n) is 7.18. The Kier molecular flexibility index (Phi) is 4.89. The van der Waals surface area contributed by atoms with Crippen molar-refractivity contribution in [3.63, 3.8) is 0 Å². The van der Waals surface area contributed by atoms with Gasteiger partial charge in [-0.2, -0.15) is 5.26 Å². The van der Waals surface area contributed by atoms with Crippen molar-refractivity contribution in [3.8, 4) is 17.4 Å². The molecule has 5 rings (SSSR count). The zero-order valence-electron chi connectivity index (χ0n) is 15.9. The van der Waals surface area contributed by atoms with Gasteiger partial charge in [-0.15, -0.1) is 11.3 Å². The number of aryl methyl sites for hydroxylation is 2. The number of rotatable bonds is 3. The van der Waals surface area contributed by atoms with Crippen LogP contribution in [0.4, 0.5) is 0 Å². The van der Waals surface area contributed by atoms with Gasteiger partial charge in [0.15, 0.2) is 5.82 Å². The van der Waals surface area contributed by atoms with Crippen LogP contribution in [0.15, 0.2) is 50.1 Å². The Morgan fingerprint density at radius 3 is 2.80 bits per heavy atom. The second kappa shape index (κ2) is 7.71. The average Bonchev–Trinajstić information content (AvgIpc) is 3.37. The van der Waals surface area contributed by atoms with Gasteiger partial charge in [-0.25, -0.2) is 4.98 Å². The number of aromatic nitrogens is 2. The van der Waals surface area contributed by atoms with Gasteiger partial charge in [-0.3, -0.25) is 4.79 Å². The lowest BCUT2D eigenvalue weighted by Gasteiger charge is -2.09. The highest BCUT2D eigenvalue weighted by Crippen LogP contribution is 2.34. The molecule has 1 aliphatic carbocycles. The van der Waals surface area contributed by atoms with Gasteiger partial charge in [0.1, 0.15) is 22.4 Å². The first-order valence-electron chi connectivity index (χ1n) is 9.65. The molecule has 0 fully saturated rings. The molecule has 5 nitrogen and oxygen atoms in total. The minimum Gasteiger partial charge on any atom is -0.457 e. The third kappa shape index (κ3) is 3.42. The number of hydrogen-bond acceptors (Lipinski definition) is 5. The van der Waals surface area contributed by atoms with Crippen LogP contribution in [0.1, 0.15) is 34.9 Å². The van der Waals surface area contributed by atoms with Crippen molar-refractivity contribution in [2.75, 3.05) is 0 Å². The molecule has 1 N–H and O–H groups in total. The highest BCUT2D eigenvalue weighted by Gasteiger charge is 2.20. The molecule has 1 aromatic carbocycles. The molecular weight excluding hydrogens is 462 g/mol. The summed E-state index contributed by atoms with van der Waals surface area (Å²) in [6.07, 6.45) is 5.78.